The summed E-state index contributed by atoms with van der Waals surface area (Å²) in [6.07, 6.45) is -5.98. The molecule has 7 rings (SSSR count). The number of phenolic OH excluding ortho intramolecular Hbond substituents is 2. The van der Waals surface area contributed by atoms with Crippen LogP contribution in [-0.4, -0.2) is 68.5 Å². The molecule has 2 saturated heterocycles. The average Bonchev–Trinajstić information content (AvgIpc) is 3.09. The molecule has 1 aromatic rings. The maximum atomic E-state index is 13.6. The summed E-state index contributed by atoms with van der Waals surface area (Å²) in [6.45, 7) is 3.06. The van der Waals surface area contributed by atoms with Gasteiger partial charge < -0.3 is 34.6 Å². The lowest BCUT2D eigenvalue weighted by Gasteiger charge is -2.52. The monoisotopic (exact) mass is 444 g/mol. The van der Waals surface area contributed by atoms with E-state index in [0.29, 0.717) is 0 Å². The normalized spacial score (nSPS) is 39.4. The van der Waals surface area contributed by atoms with E-state index < -0.39 is 82.4 Å². The van der Waals surface area contributed by atoms with Gasteiger partial charge in [-0.1, -0.05) is 0 Å². The highest BCUT2D eigenvalue weighted by molar-refractivity contribution is 6.30. The van der Waals surface area contributed by atoms with Gasteiger partial charge in [0.15, 0.2) is 17.7 Å². The van der Waals surface area contributed by atoms with Crippen molar-refractivity contribution in [2.75, 3.05) is 0 Å². The molecular weight excluding hydrogens is 424 g/mol. The topological polar surface area (TPSA) is 160 Å². The third kappa shape index (κ3) is 2.06. The predicted molar refractivity (Wildman–Crippen MR) is 102 cm³/mol. The van der Waals surface area contributed by atoms with E-state index in [4.69, 9.17) is 14.2 Å². The molecule has 2 aliphatic carbocycles. The first-order valence-corrected chi connectivity index (χ1v) is 10.4. The number of phenols is 2. The molecular formula is C22H20O10. The highest BCUT2D eigenvalue weighted by atomic mass is 16.6. The van der Waals surface area contributed by atoms with Crippen LogP contribution in [0, 0.1) is 0 Å². The predicted octanol–water partition coefficient (Wildman–Crippen LogP) is 0.288. The molecule has 6 aliphatic rings. The van der Waals surface area contributed by atoms with Crippen LogP contribution in [0.1, 0.15) is 64.6 Å². The zero-order valence-corrected chi connectivity index (χ0v) is 17.1. The highest BCUT2D eigenvalue weighted by Gasteiger charge is 2.60. The Morgan fingerprint density at radius 2 is 1.62 bits per heavy atom. The van der Waals surface area contributed by atoms with Crippen LogP contribution in [0.25, 0.3) is 0 Å². The second kappa shape index (κ2) is 5.96. The standard InChI is InChI=1S/C22H20O10/c1-5-11-15(21-8(30-5)4-10(24)32-21)19(27)13-14(17(11)25)20(28)16-12(18(13)26)7-3-9(23)22(16,29)6(2)31-7/h5-9,21,23,26,28-29H,3-4H2,1-2H3/t5-,6+,7+,8-,9+,21+,22-/m0/s1. The number of benzene rings is 1. The Hall–Kier alpha value is -2.79. The summed E-state index contributed by atoms with van der Waals surface area (Å²) >= 11 is 0. The van der Waals surface area contributed by atoms with Crippen molar-refractivity contribution in [3.63, 3.8) is 0 Å². The van der Waals surface area contributed by atoms with Crippen molar-refractivity contribution < 1.29 is 49.0 Å². The van der Waals surface area contributed by atoms with Crippen molar-refractivity contribution in [2.45, 2.75) is 68.9 Å². The average molecular weight is 444 g/mol. The van der Waals surface area contributed by atoms with Gasteiger partial charge in [-0.25, -0.2) is 0 Å². The minimum Gasteiger partial charge on any atom is -0.507 e. The zero-order chi connectivity index (χ0) is 22.9. The number of esters is 1. The fraction of sp³-hybridized carbons (Fsp3) is 0.500. The Balaban J connectivity index is 1.64. The number of rotatable bonds is 0. The maximum absolute atomic E-state index is 13.6. The van der Waals surface area contributed by atoms with Crippen molar-refractivity contribution in [3.8, 4) is 11.5 Å². The molecule has 1 aromatic carbocycles. The molecule has 2 bridgehead atoms. The van der Waals surface area contributed by atoms with Crippen molar-refractivity contribution in [1.29, 1.82) is 0 Å². The van der Waals surface area contributed by atoms with Crippen LogP contribution in [0.4, 0.5) is 0 Å². The van der Waals surface area contributed by atoms with E-state index in [-0.39, 0.29) is 35.1 Å². The number of hydrogen-bond donors (Lipinski definition) is 4. The second-order valence-corrected chi connectivity index (χ2v) is 9.00. The molecule has 0 radical (unpaired) electrons. The molecule has 7 atom stereocenters. The molecule has 0 spiro atoms. The van der Waals surface area contributed by atoms with Crippen molar-refractivity contribution in [1.82, 2.24) is 0 Å². The minimum absolute atomic E-state index is 0.0302. The lowest BCUT2D eigenvalue weighted by molar-refractivity contribution is -0.246. The minimum atomic E-state index is -2.08. The third-order valence-corrected chi connectivity index (χ3v) is 7.41. The first-order valence-electron chi connectivity index (χ1n) is 10.4. The quantitative estimate of drug-likeness (QED) is 0.323. The fourth-order valence-corrected chi connectivity index (χ4v) is 5.95. The van der Waals surface area contributed by atoms with E-state index >= 15 is 0 Å². The summed E-state index contributed by atoms with van der Waals surface area (Å²) in [5.41, 5.74) is -3.36. The molecule has 4 N–H and O–H groups in total. The van der Waals surface area contributed by atoms with Gasteiger partial charge in [0, 0.05) is 23.1 Å². The third-order valence-electron chi connectivity index (χ3n) is 7.41. The Morgan fingerprint density at radius 3 is 2.31 bits per heavy atom. The van der Waals surface area contributed by atoms with Gasteiger partial charge in [-0.2, -0.15) is 0 Å². The summed E-state index contributed by atoms with van der Waals surface area (Å²) in [6, 6.07) is 0. The van der Waals surface area contributed by atoms with E-state index in [1.807, 2.05) is 0 Å². The number of aliphatic hydroxyl groups excluding tert-OH is 1. The summed E-state index contributed by atoms with van der Waals surface area (Å²) in [4.78, 5) is 39.0. The fourth-order valence-electron chi connectivity index (χ4n) is 5.95. The van der Waals surface area contributed by atoms with Crippen LogP contribution in [-0.2, 0) is 24.6 Å². The Bertz CT molecular complexity index is 1170. The Labute approximate surface area is 181 Å². The highest BCUT2D eigenvalue weighted by Crippen LogP contribution is 2.59. The van der Waals surface area contributed by atoms with E-state index in [1.54, 1.807) is 6.92 Å². The van der Waals surface area contributed by atoms with E-state index in [1.165, 1.54) is 6.92 Å². The lowest BCUT2D eigenvalue weighted by atomic mass is 9.66. The van der Waals surface area contributed by atoms with Gasteiger partial charge in [-0.05, 0) is 13.8 Å². The van der Waals surface area contributed by atoms with Gasteiger partial charge in [0.2, 0.25) is 0 Å². The van der Waals surface area contributed by atoms with Crippen molar-refractivity contribution >= 4 is 17.5 Å². The van der Waals surface area contributed by atoms with Crippen LogP contribution in [0.2, 0.25) is 0 Å². The summed E-state index contributed by atoms with van der Waals surface area (Å²) in [7, 11) is 0. The van der Waals surface area contributed by atoms with Gasteiger partial charge in [0.25, 0.3) is 0 Å². The molecule has 10 heteroatoms. The van der Waals surface area contributed by atoms with Crippen LogP contribution in [0.3, 0.4) is 0 Å². The maximum Gasteiger partial charge on any atom is 0.309 e. The summed E-state index contributed by atoms with van der Waals surface area (Å²) in [5.74, 6) is -3.38. The van der Waals surface area contributed by atoms with Gasteiger partial charge in [0.05, 0.1) is 47.5 Å². The SMILES string of the molecule is C[C@@H]1O[C@H]2CC(=O)O[C@H]2C2=C1C(=O)c1c(O)c3c(c(O)c1C2=O)[C@H]1C[C@@H](O)[C@@]3(O)[C@@H](C)O1. The molecule has 32 heavy (non-hydrogen) atoms. The molecule has 0 amide bonds. The van der Waals surface area contributed by atoms with E-state index in [0.717, 1.165) is 0 Å². The summed E-state index contributed by atoms with van der Waals surface area (Å²) in [5, 5.41) is 44.1. The van der Waals surface area contributed by atoms with Crippen molar-refractivity contribution in [3.05, 3.63) is 33.4 Å². The van der Waals surface area contributed by atoms with Gasteiger partial charge in [-0.15, -0.1) is 0 Å². The number of aliphatic hydroxyl groups is 2. The Morgan fingerprint density at radius 1 is 0.969 bits per heavy atom. The molecule has 2 fully saturated rings. The van der Waals surface area contributed by atoms with Crippen LogP contribution < -0.4 is 0 Å². The number of hydrogen-bond acceptors (Lipinski definition) is 10. The molecule has 0 aromatic heterocycles. The molecule has 0 unspecified atom stereocenters. The van der Waals surface area contributed by atoms with Crippen molar-refractivity contribution in [2.24, 2.45) is 0 Å². The number of ketones is 2. The van der Waals surface area contributed by atoms with Crippen LogP contribution in [0.5, 0.6) is 11.5 Å². The molecule has 4 heterocycles. The van der Waals surface area contributed by atoms with Crippen LogP contribution >= 0.6 is 0 Å². The van der Waals surface area contributed by atoms with Crippen LogP contribution in [0.15, 0.2) is 11.1 Å². The number of fused-ring (bicyclic) bond motifs is 5. The molecule has 168 valence electrons. The first-order chi connectivity index (χ1) is 15.1. The molecule has 0 saturated carbocycles. The smallest absolute Gasteiger partial charge is 0.309 e. The van der Waals surface area contributed by atoms with Gasteiger partial charge in [-0.3, -0.25) is 14.4 Å². The van der Waals surface area contributed by atoms with E-state index in [9.17, 15) is 34.8 Å². The zero-order valence-electron chi connectivity index (χ0n) is 17.1. The number of aromatic hydroxyl groups is 2. The second-order valence-electron chi connectivity index (χ2n) is 9.00. The number of carbonyl (C=O) groups excluding carboxylic acids is 3. The largest absolute Gasteiger partial charge is 0.507 e. The molecule has 10 nitrogen and oxygen atoms in total. The number of carbonyl (C=O) groups is 3. The lowest BCUT2D eigenvalue weighted by Crippen LogP contribution is -2.58. The Kier molecular flexibility index (Phi) is 3.70. The molecule has 4 aliphatic heterocycles. The summed E-state index contributed by atoms with van der Waals surface area (Å²) < 4.78 is 16.7. The van der Waals surface area contributed by atoms with E-state index in [2.05, 4.69) is 0 Å². The number of Topliss-reactive ketones (excluding diaryl/α,β-unsaturated/α-hetero) is 2. The van der Waals surface area contributed by atoms with Gasteiger partial charge >= 0.3 is 5.97 Å². The van der Waals surface area contributed by atoms with Gasteiger partial charge in [0.1, 0.15) is 23.2 Å². The number of ether oxygens (including phenoxy) is 3. The first kappa shape index (κ1) is 19.9.